The minimum atomic E-state index is -0.945. The van der Waals surface area contributed by atoms with Crippen molar-refractivity contribution in [3.63, 3.8) is 0 Å². The van der Waals surface area contributed by atoms with Crippen LogP contribution in [0.3, 0.4) is 0 Å². The molecule has 0 unspecified atom stereocenters. The zero-order valence-electron chi connectivity index (χ0n) is 11.8. The quantitative estimate of drug-likeness (QED) is 0.511. The molecule has 0 aromatic heterocycles. The van der Waals surface area contributed by atoms with Gasteiger partial charge in [-0.15, -0.1) is 0 Å². The van der Waals surface area contributed by atoms with Gasteiger partial charge in [-0.3, -0.25) is 14.9 Å². The van der Waals surface area contributed by atoms with Gasteiger partial charge in [0.15, 0.2) is 5.11 Å². The number of nitro benzene ring substituents is 1. The summed E-state index contributed by atoms with van der Waals surface area (Å²) in [5.74, 6) is -1.27. The van der Waals surface area contributed by atoms with E-state index in [4.69, 9.17) is 12.2 Å². The number of hydrogen-bond donors (Lipinski definition) is 2. The molecule has 118 valence electrons. The smallest absolute Gasteiger partial charge is 0.306 e. The monoisotopic (exact) mass is 333 g/mol. The van der Waals surface area contributed by atoms with Crippen molar-refractivity contribution < 1.29 is 14.1 Å². The average molecular weight is 333 g/mol. The van der Waals surface area contributed by atoms with Crippen LogP contribution in [0.5, 0.6) is 0 Å². The van der Waals surface area contributed by atoms with Crippen molar-refractivity contribution in [1.82, 2.24) is 5.32 Å². The second-order valence-corrected chi connectivity index (χ2v) is 5.00. The molecule has 2 N–H and O–H groups in total. The molecule has 8 heteroatoms. The van der Waals surface area contributed by atoms with E-state index < -0.39 is 16.4 Å². The first-order valence-corrected chi connectivity index (χ1v) is 6.95. The summed E-state index contributed by atoms with van der Waals surface area (Å²) in [6, 6.07) is 12.3. The van der Waals surface area contributed by atoms with Crippen molar-refractivity contribution in [2.45, 2.75) is 6.42 Å². The second kappa shape index (κ2) is 7.41. The number of thiocarbonyl (C=S) groups is 1. The van der Waals surface area contributed by atoms with Gasteiger partial charge >= 0.3 is 5.69 Å². The summed E-state index contributed by atoms with van der Waals surface area (Å²) < 4.78 is 13.2. The van der Waals surface area contributed by atoms with E-state index in [1.807, 2.05) is 18.2 Å². The molecule has 0 saturated carbocycles. The highest BCUT2D eigenvalue weighted by molar-refractivity contribution is 7.80. The van der Waals surface area contributed by atoms with E-state index in [1.54, 1.807) is 12.1 Å². The zero-order chi connectivity index (χ0) is 16.8. The highest BCUT2D eigenvalue weighted by atomic mass is 32.1. The lowest BCUT2D eigenvalue weighted by Gasteiger charge is -2.09. The molecule has 0 heterocycles. The van der Waals surface area contributed by atoms with Crippen LogP contribution in [0.15, 0.2) is 48.5 Å². The molecule has 0 saturated heterocycles. The summed E-state index contributed by atoms with van der Waals surface area (Å²) in [4.78, 5) is 21.7. The molecule has 0 bridgehead atoms. The van der Waals surface area contributed by atoms with Crippen molar-refractivity contribution in [3.8, 4) is 0 Å². The molecule has 2 aromatic rings. The fourth-order valence-electron chi connectivity index (χ4n) is 1.84. The maximum atomic E-state index is 13.2. The molecule has 1 amide bonds. The fourth-order valence-corrected chi connectivity index (χ4v) is 2.08. The summed E-state index contributed by atoms with van der Waals surface area (Å²) in [6.07, 6.45) is 0.145. The topological polar surface area (TPSA) is 84.3 Å². The van der Waals surface area contributed by atoms with Gasteiger partial charge in [0.2, 0.25) is 11.7 Å². The normalized spacial score (nSPS) is 9.96. The van der Waals surface area contributed by atoms with E-state index in [0.29, 0.717) is 0 Å². The summed E-state index contributed by atoms with van der Waals surface area (Å²) in [7, 11) is 0. The number of nitro groups is 1. The predicted octanol–water partition coefficient (Wildman–Crippen LogP) is 2.79. The van der Waals surface area contributed by atoms with Crippen LogP contribution in [0, 0.1) is 15.9 Å². The Kier molecular flexibility index (Phi) is 5.32. The van der Waals surface area contributed by atoms with E-state index >= 15 is 0 Å². The van der Waals surface area contributed by atoms with Crippen molar-refractivity contribution in [1.29, 1.82) is 0 Å². The van der Waals surface area contributed by atoms with Crippen molar-refractivity contribution >= 4 is 34.6 Å². The molecule has 0 radical (unpaired) electrons. The third kappa shape index (κ3) is 4.82. The Balaban J connectivity index is 1.96. The Labute approximate surface area is 136 Å². The molecule has 0 aliphatic carbocycles. The molecular weight excluding hydrogens is 321 g/mol. The average Bonchev–Trinajstić information content (AvgIpc) is 2.49. The third-order valence-corrected chi connectivity index (χ3v) is 3.07. The summed E-state index contributed by atoms with van der Waals surface area (Å²) in [5.41, 5.74) is 0.363. The third-order valence-electron chi connectivity index (χ3n) is 2.86. The van der Waals surface area contributed by atoms with Crippen molar-refractivity contribution in [2.75, 3.05) is 5.32 Å². The van der Waals surface area contributed by atoms with Gasteiger partial charge in [0.25, 0.3) is 0 Å². The van der Waals surface area contributed by atoms with Gasteiger partial charge in [-0.25, -0.2) is 0 Å². The lowest BCUT2D eigenvalue weighted by atomic mass is 10.1. The van der Waals surface area contributed by atoms with Crippen LogP contribution < -0.4 is 10.6 Å². The van der Waals surface area contributed by atoms with Gasteiger partial charge in [0.1, 0.15) is 0 Å². The lowest BCUT2D eigenvalue weighted by molar-refractivity contribution is -0.387. The van der Waals surface area contributed by atoms with Crippen LogP contribution in [-0.2, 0) is 11.2 Å². The van der Waals surface area contributed by atoms with Crippen LogP contribution in [-0.4, -0.2) is 15.9 Å². The Hall–Kier alpha value is -2.87. The Morgan fingerprint density at radius 2 is 1.91 bits per heavy atom. The largest absolute Gasteiger partial charge is 0.332 e. The maximum absolute atomic E-state index is 13.2. The van der Waals surface area contributed by atoms with Gasteiger partial charge in [-0.05, 0) is 29.9 Å². The number of carbonyl (C=O) groups is 1. The van der Waals surface area contributed by atoms with E-state index in [1.165, 1.54) is 6.07 Å². The fraction of sp³-hybridized carbons (Fsp3) is 0.0667. The Morgan fingerprint density at radius 1 is 1.22 bits per heavy atom. The minimum Gasteiger partial charge on any atom is -0.332 e. The Bertz CT molecular complexity index is 753. The maximum Gasteiger partial charge on any atom is 0.306 e. The summed E-state index contributed by atoms with van der Waals surface area (Å²) in [6.45, 7) is 0. The number of hydrogen-bond acceptors (Lipinski definition) is 4. The van der Waals surface area contributed by atoms with E-state index in [9.17, 15) is 19.3 Å². The number of anilines is 1. The van der Waals surface area contributed by atoms with Gasteiger partial charge in [0, 0.05) is 11.8 Å². The van der Waals surface area contributed by atoms with E-state index in [0.717, 1.165) is 17.7 Å². The van der Waals surface area contributed by atoms with Crippen LogP contribution >= 0.6 is 12.2 Å². The molecular formula is C15H12FN3O3S. The molecule has 23 heavy (non-hydrogen) atoms. The molecule has 0 fully saturated rings. The SMILES string of the molecule is O=C(Cc1ccccc1)NC(=S)Nc1ccc(F)c([N+](=O)[O-])c1. The number of carbonyl (C=O) groups excluding carboxylic acids is 1. The van der Waals surface area contributed by atoms with Gasteiger partial charge < -0.3 is 10.6 Å². The van der Waals surface area contributed by atoms with E-state index in [-0.39, 0.29) is 23.1 Å². The van der Waals surface area contributed by atoms with Gasteiger partial charge in [-0.2, -0.15) is 4.39 Å². The number of halogens is 1. The van der Waals surface area contributed by atoms with Crippen LogP contribution in [0.2, 0.25) is 0 Å². The predicted molar refractivity (Wildman–Crippen MR) is 87.6 cm³/mol. The van der Waals surface area contributed by atoms with Crippen LogP contribution in [0.25, 0.3) is 0 Å². The lowest BCUT2D eigenvalue weighted by Crippen LogP contribution is -2.35. The molecule has 6 nitrogen and oxygen atoms in total. The number of amides is 1. The molecule has 2 rings (SSSR count). The number of benzene rings is 2. The Morgan fingerprint density at radius 3 is 2.57 bits per heavy atom. The minimum absolute atomic E-state index is 0.0214. The number of nitrogens with zero attached hydrogens (tertiary/aromatic N) is 1. The molecule has 2 aromatic carbocycles. The van der Waals surface area contributed by atoms with Gasteiger partial charge in [-0.1, -0.05) is 30.3 Å². The first-order valence-electron chi connectivity index (χ1n) is 6.54. The zero-order valence-corrected chi connectivity index (χ0v) is 12.6. The van der Waals surface area contributed by atoms with Crippen LogP contribution in [0.1, 0.15) is 5.56 Å². The van der Waals surface area contributed by atoms with Crippen LogP contribution in [0.4, 0.5) is 15.8 Å². The molecule has 0 aliphatic heterocycles. The first-order chi connectivity index (χ1) is 11.0. The first kappa shape index (κ1) is 16.5. The van der Waals surface area contributed by atoms with E-state index in [2.05, 4.69) is 10.6 Å². The number of rotatable bonds is 4. The van der Waals surface area contributed by atoms with Crippen molar-refractivity contribution in [3.05, 3.63) is 70.0 Å². The van der Waals surface area contributed by atoms with Crippen molar-refractivity contribution in [2.24, 2.45) is 0 Å². The highest BCUT2D eigenvalue weighted by Crippen LogP contribution is 2.21. The summed E-state index contributed by atoms with van der Waals surface area (Å²) >= 11 is 4.96. The van der Waals surface area contributed by atoms with Gasteiger partial charge in [0.05, 0.1) is 11.3 Å². The molecule has 0 atom stereocenters. The molecule has 0 aliphatic rings. The molecule has 0 spiro atoms. The number of nitrogens with one attached hydrogen (secondary N) is 2. The highest BCUT2D eigenvalue weighted by Gasteiger charge is 2.15. The second-order valence-electron chi connectivity index (χ2n) is 4.59. The summed E-state index contributed by atoms with van der Waals surface area (Å²) in [5, 5.41) is 15.7. The standard InChI is InChI=1S/C15H12FN3O3S/c16-12-7-6-11(9-13(12)19(21)22)17-15(23)18-14(20)8-10-4-2-1-3-5-10/h1-7,9H,8H2,(H2,17,18,20,23).